The van der Waals surface area contributed by atoms with E-state index in [1.54, 1.807) is 43.9 Å². The summed E-state index contributed by atoms with van der Waals surface area (Å²) in [6.45, 7) is 8.15. The Morgan fingerprint density at radius 1 is 1.17 bits per heavy atom. The van der Waals surface area contributed by atoms with Gasteiger partial charge in [0, 0.05) is 24.8 Å². The summed E-state index contributed by atoms with van der Waals surface area (Å²) >= 11 is 0. The lowest BCUT2D eigenvalue weighted by Crippen LogP contribution is -2.50. The predicted molar refractivity (Wildman–Crippen MR) is 134 cm³/mol. The summed E-state index contributed by atoms with van der Waals surface area (Å²) in [6.07, 6.45) is 3.04. The van der Waals surface area contributed by atoms with Crippen LogP contribution in [-0.4, -0.2) is 57.5 Å². The van der Waals surface area contributed by atoms with Gasteiger partial charge in [-0.05, 0) is 58.7 Å². The number of aromatic nitrogens is 2. The molecule has 12 heteroatoms. The van der Waals surface area contributed by atoms with Crippen molar-refractivity contribution in [3.8, 4) is 0 Å². The lowest BCUT2D eigenvalue weighted by Gasteiger charge is -2.40. The molecule has 2 aromatic heterocycles. The van der Waals surface area contributed by atoms with Crippen LogP contribution in [0.2, 0.25) is 0 Å². The summed E-state index contributed by atoms with van der Waals surface area (Å²) in [4.78, 5) is 29.6. The topological polar surface area (TPSA) is 137 Å². The van der Waals surface area contributed by atoms with Crippen LogP contribution in [0.5, 0.6) is 0 Å². The van der Waals surface area contributed by atoms with Crippen LogP contribution < -0.4 is 5.32 Å². The first-order chi connectivity index (χ1) is 16.8. The number of nitrogens with zero attached hydrogens (tertiary/aromatic N) is 4. The standard InChI is InChI=1S/C24H29N5O6S/c1-23(2,3)35-22(30)27-14-11-24(4,12-15-27)26-20-18-10-13-28(21(18)25-16-19(20)29(31)32)36(33,34)17-8-6-5-7-9-17/h5-10,13,16H,11-12,14-15H2,1-4H3,(H,25,26). The molecule has 1 saturated heterocycles. The van der Waals surface area contributed by atoms with E-state index in [2.05, 4.69) is 10.3 Å². The number of ether oxygens (including phenoxy) is 1. The van der Waals surface area contributed by atoms with Crippen molar-refractivity contribution >= 4 is 38.5 Å². The predicted octanol–water partition coefficient (Wildman–Crippen LogP) is 4.38. The van der Waals surface area contributed by atoms with Crippen LogP contribution in [0.1, 0.15) is 40.5 Å². The minimum atomic E-state index is -3.95. The number of piperidine rings is 1. The molecule has 0 spiro atoms. The normalized spacial score (nSPS) is 16.1. The van der Waals surface area contributed by atoms with Crippen molar-refractivity contribution in [1.29, 1.82) is 0 Å². The largest absolute Gasteiger partial charge is 0.444 e. The second kappa shape index (κ2) is 9.08. The van der Waals surface area contributed by atoms with Crippen molar-refractivity contribution in [2.75, 3.05) is 18.4 Å². The monoisotopic (exact) mass is 515 g/mol. The third-order valence-corrected chi connectivity index (χ3v) is 7.78. The minimum Gasteiger partial charge on any atom is -0.444 e. The van der Waals surface area contributed by atoms with E-state index in [1.165, 1.54) is 24.4 Å². The van der Waals surface area contributed by atoms with Gasteiger partial charge in [-0.1, -0.05) is 18.2 Å². The highest BCUT2D eigenvalue weighted by atomic mass is 32.2. The van der Waals surface area contributed by atoms with Gasteiger partial charge in [0.25, 0.3) is 10.0 Å². The Morgan fingerprint density at radius 3 is 2.39 bits per heavy atom. The highest BCUT2D eigenvalue weighted by Gasteiger charge is 2.36. The number of pyridine rings is 1. The molecule has 1 aliphatic heterocycles. The third kappa shape index (κ3) is 4.99. The highest BCUT2D eigenvalue weighted by molar-refractivity contribution is 7.90. The quantitative estimate of drug-likeness (QED) is 0.390. The molecular formula is C24H29N5O6S. The summed E-state index contributed by atoms with van der Waals surface area (Å²) in [5.74, 6) is 0. The second-order valence-corrected chi connectivity index (χ2v) is 11.9. The second-order valence-electron chi connectivity index (χ2n) is 10.1. The molecule has 3 heterocycles. The molecule has 0 bridgehead atoms. The maximum Gasteiger partial charge on any atom is 0.410 e. The Labute approximate surface area is 209 Å². The van der Waals surface area contributed by atoms with Gasteiger partial charge >= 0.3 is 11.8 Å². The molecule has 36 heavy (non-hydrogen) atoms. The maximum absolute atomic E-state index is 13.2. The number of likely N-dealkylation sites (tertiary alicyclic amines) is 1. The SMILES string of the molecule is CC1(Nc2c([N+](=O)[O-])cnc3c2ccn3S(=O)(=O)c2ccccc2)CCN(C(=O)OC(C)(C)C)CC1. The lowest BCUT2D eigenvalue weighted by molar-refractivity contribution is -0.384. The number of benzene rings is 1. The number of hydrogen-bond donors (Lipinski definition) is 1. The van der Waals surface area contributed by atoms with Crippen molar-refractivity contribution in [1.82, 2.24) is 13.9 Å². The van der Waals surface area contributed by atoms with Gasteiger partial charge in [-0.2, -0.15) is 0 Å². The number of fused-ring (bicyclic) bond motifs is 1. The minimum absolute atomic E-state index is 0.0821. The summed E-state index contributed by atoms with van der Waals surface area (Å²) in [5.41, 5.74) is -1.17. The molecule has 3 aromatic rings. The number of amides is 1. The van der Waals surface area contributed by atoms with Crippen LogP contribution in [0.25, 0.3) is 11.0 Å². The van der Waals surface area contributed by atoms with Gasteiger partial charge in [0.05, 0.1) is 15.2 Å². The maximum atomic E-state index is 13.2. The number of hydrogen-bond acceptors (Lipinski definition) is 8. The summed E-state index contributed by atoms with van der Waals surface area (Å²) in [7, 11) is -3.95. The molecule has 0 radical (unpaired) electrons. The Morgan fingerprint density at radius 2 is 1.81 bits per heavy atom. The molecule has 1 aliphatic rings. The van der Waals surface area contributed by atoms with Crippen LogP contribution in [-0.2, 0) is 14.8 Å². The number of nitrogens with one attached hydrogen (secondary N) is 1. The van der Waals surface area contributed by atoms with E-state index < -0.39 is 32.2 Å². The average molecular weight is 516 g/mol. The molecule has 0 unspecified atom stereocenters. The van der Waals surface area contributed by atoms with Crippen LogP contribution >= 0.6 is 0 Å². The van der Waals surface area contributed by atoms with E-state index in [0.29, 0.717) is 31.3 Å². The third-order valence-electron chi connectivity index (χ3n) is 6.10. The van der Waals surface area contributed by atoms with Crippen LogP contribution in [0.15, 0.2) is 53.7 Å². The molecule has 0 saturated carbocycles. The van der Waals surface area contributed by atoms with E-state index in [0.717, 1.165) is 10.2 Å². The number of nitro groups is 1. The molecule has 0 atom stereocenters. The first-order valence-corrected chi connectivity index (χ1v) is 13.0. The molecule has 0 aliphatic carbocycles. The van der Waals surface area contributed by atoms with E-state index in [1.807, 2.05) is 6.92 Å². The average Bonchev–Trinajstić information content (AvgIpc) is 3.24. The Kier molecular flexibility index (Phi) is 6.41. The van der Waals surface area contributed by atoms with Crippen molar-refractivity contribution in [2.24, 2.45) is 0 Å². The number of anilines is 1. The molecule has 1 N–H and O–H groups in total. The van der Waals surface area contributed by atoms with Gasteiger partial charge in [0.15, 0.2) is 5.65 Å². The van der Waals surface area contributed by atoms with Crippen molar-refractivity contribution < 1.29 is 22.9 Å². The molecule has 4 rings (SSSR count). The molecule has 1 aromatic carbocycles. The van der Waals surface area contributed by atoms with Gasteiger partial charge in [0.1, 0.15) is 17.5 Å². The van der Waals surface area contributed by atoms with Crippen molar-refractivity contribution in [2.45, 2.75) is 56.6 Å². The van der Waals surface area contributed by atoms with Crippen LogP contribution in [0.4, 0.5) is 16.2 Å². The fourth-order valence-corrected chi connectivity index (χ4v) is 5.48. The zero-order valence-electron chi connectivity index (χ0n) is 20.6. The molecule has 1 amide bonds. The molecule has 1 fully saturated rings. The Hall–Kier alpha value is -3.67. The van der Waals surface area contributed by atoms with Gasteiger partial charge in [-0.15, -0.1) is 0 Å². The van der Waals surface area contributed by atoms with Crippen molar-refractivity contribution in [3.63, 3.8) is 0 Å². The number of rotatable bonds is 5. The van der Waals surface area contributed by atoms with E-state index in [9.17, 15) is 23.3 Å². The van der Waals surface area contributed by atoms with Gasteiger partial charge in [-0.3, -0.25) is 10.1 Å². The lowest BCUT2D eigenvalue weighted by atomic mass is 9.89. The first-order valence-electron chi connectivity index (χ1n) is 11.5. The van der Waals surface area contributed by atoms with Crippen LogP contribution in [0.3, 0.4) is 0 Å². The molecule has 11 nitrogen and oxygen atoms in total. The van der Waals surface area contributed by atoms with E-state index >= 15 is 0 Å². The van der Waals surface area contributed by atoms with E-state index in [-0.39, 0.29) is 21.9 Å². The van der Waals surface area contributed by atoms with Gasteiger partial charge < -0.3 is 15.0 Å². The zero-order valence-corrected chi connectivity index (χ0v) is 21.4. The number of carbonyl (C=O) groups is 1. The zero-order chi connectivity index (χ0) is 26.3. The Balaban J connectivity index is 1.66. The molecule has 192 valence electrons. The summed E-state index contributed by atoms with van der Waals surface area (Å²) < 4.78 is 32.9. The number of carbonyl (C=O) groups excluding carboxylic acids is 1. The smallest absolute Gasteiger partial charge is 0.410 e. The van der Waals surface area contributed by atoms with Gasteiger partial charge in [0.2, 0.25) is 0 Å². The first kappa shape index (κ1) is 25.4. The molecular weight excluding hydrogens is 486 g/mol. The van der Waals surface area contributed by atoms with Crippen molar-refractivity contribution in [3.05, 3.63) is 58.9 Å². The van der Waals surface area contributed by atoms with E-state index in [4.69, 9.17) is 4.74 Å². The van der Waals surface area contributed by atoms with Gasteiger partial charge in [-0.25, -0.2) is 22.2 Å². The fraction of sp³-hybridized carbons (Fsp3) is 0.417. The fourth-order valence-electron chi connectivity index (χ4n) is 4.16. The highest BCUT2D eigenvalue weighted by Crippen LogP contribution is 2.37. The Bertz CT molecular complexity index is 1400. The summed E-state index contributed by atoms with van der Waals surface area (Å²) in [6, 6.07) is 9.42. The van der Waals surface area contributed by atoms with Crippen LogP contribution in [0, 0.1) is 10.1 Å². The summed E-state index contributed by atoms with van der Waals surface area (Å²) in [5, 5.41) is 15.5.